The number of aromatic hydroxyl groups is 2. The van der Waals surface area contributed by atoms with E-state index in [1.165, 1.54) is 0 Å². The SMILES string of the molecule is Cc1cc(CCO)cc(C(c2ccccn2)c2cc(CCO)cc(C)c2O)c1O. The standard InChI is InChI=1S/C24H27NO4/c1-15-11-17(6-9-26)13-19(23(15)28)22(21-5-3-4-8-25-21)20-14-18(7-10-27)12-16(2)24(20)29/h3-5,8,11-14,22,26-29H,6-7,9-10H2,1-2H3. The Balaban J connectivity index is 2.29. The highest BCUT2D eigenvalue weighted by Gasteiger charge is 2.26. The zero-order chi connectivity index (χ0) is 21.0. The molecule has 5 nitrogen and oxygen atoms in total. The van der Waals surface area contributed by atoms with Gasteiger partial charge < -0.3 is 20.4 Å². The number of benzene rings is 2. The molecule has 29 heavy (non-hydrogen) atoms. The molecule has 0 unspecified atom stereocenters. The van der Waals surface area contributed by atoms with Crippen molar-refractivity contribution in [3.05, 3.63) is 87.7 Å². The normalized spacial score (nSPS) is 11.2. The van der Waals surface area contributed by atoms with Crippen LogP contribution in [0.15, 0.2) is 48.7 Å². The lowest BCUT2D eigenvalue weighted by Crippen LogP contribution is -2.09. The van der Waals surface area contributed by atoms with E-state index in [-0.39, 0.29) is 24.7 Å². The van der Waals surface area contributed by atoms with Crippen LogP contribution >= 0.6 is 0 Å². The Hall–Kier alpha value is -2.89. The van der Waals surface area contributed by atoms with Crippen LogP contribution in [0.5, 0.6) is 11.5 Å². The molecule has 0 aliphatic heterocycles. The van der Waals surface area contributed by atoms with E-state index in [0.29, 0.717) is 40.8 Å². The Morgan fingerprint density at radius 1 is 0.793 bits per heavy atom. The first-order chi connectivity index (χ1) is 14.0. The first-order valence-corrected chi connectivity index (χ1v) is 9.73. The molecule has 0 saturated heterocycles. The summed E-state index contributed by atoms with van der Waals surface area (Å²) in [5.41, 5.74) is 5.16. The third-order valence-corrected chi connectivity index (χ3v) is 5.19. The highest BCUT2D eigenvalue weighted by molar-refractivity contribution is 5.57. The maximum absolute atomic E-state index is 10.9. The van der Waals surface area contributed by atoms with Crippen LogP contribution in [0.2, 0.25) is 0 Å². The molecule has 3 aromatic rings. The number of hydrogen-bond donors (Lipinski definition) is 4. The summed E-state index contributed by atoms with van der Waals surface area (Å²) in [6.07, 6.45) is 2.63. The minimum absolute atomic E-state index is 0.00819. The lowest BCUT2D eigenvalue weighted by Gasteiger charge is -2.23. The van der Waals surface area contributed by atoms with Crippen LogP contribution in [0.3, 0.4) is 0 Å². The van der Waals surface area contributed by atoms with Crippen molar-refractivity contribution in [2.24, 2.45) is 0 Å². The Morgan fingerprint density at radius 3 is 1.72 bits per heavy atom. The smallest absolute Gasteiger partial charge is 0.122 e. The van der Waals surface area contributed by atoms with E-state index in [4.69, 9.17) is 0 Å². The number of aryl methyl sites for hydroxylation is 2. The fourth-order valence-electron chi connectivity index (χ4n) is 3.79. The molecule has 5 heteroatoms. The topological polar surface area (TPSA) is 93.8 Å². The molecule has 0 spiro atoms. The second-order valence-corrected chi connectivity index (χ2v) is 7.34. The third-order valence-electron chi connectivity index (χ3n) is 5.19. The zero-order valence-corrected chi connectivity index (χ0v) is 16.8. The fourth-order valence-corrected chi connectivity index (χ4v) is 3.79. The van der Waals surface area contributed by atoms with Gasteiger partial charge in [0.2, 0.25) is 0 Å². The molecule has 3 rings (SSSR count). The van der Waals surface area contributed by atoms with Crippen molar-refractivity contribution in [1.29, 1.82) is 0 Å². The molecule has 152 valence electrons. The summed E-state index contributed by atoms with van der Waals surface area (Å²) in [6.45, 7) is 3.66. The molecule has 2 aromatic carbocycles. The van der Waals surface area contributed by atoms with Gasteiger partial charge in [-0.25, -0.2) is 0 Å². The molecular weight excluding hydrogens is 366 g/mol. The van der Waals surface area contributed by atoms with Crippen molar-refractivity contribution in [3.8, 4) is 11.5 Å². The lowest BCUT2D eigenvalue weighted by molar-refractivity contribution is 0.299. The van der Waals surface area contributed by atoms with Crippen molar-refractivity contribution in [2.45, 2.75) is 32.6 Å². The van der Waals surface area contributed by atoms with Gasteiger partial charge in [-0.2, -0.15) is 0 Å². The molecular formula is C24H27NO4. The third kappa shape index (κ3) is 4.42. The molecule has 4 N–H and O–H groups in total. The summed E-state index contributed by atoms with van der Waals surface area (Å²) >= 11 is 0. The number of rotatable bonds is 7. The average Bonchev–Trinajstić information content (AvgIpc) is 2.70. The van der Waals surface area contributed by atoms with Gasteiger partial charge in [0.05, 0.1) is 11.6 Å². The van der Waals surface area contributed by atoms with Crippen molar-refractivity contribution in [1.82, 2.24) is 4.98 Å². The van der Waals surface area contributed by atoms with Gasteiger partial charge in [-0.15, -0.1) is 0 Å². The van der Waals surface area contributed by atoms with Crippen molar-refractivity contribution >= 4 is 0 Å². The summed E-state index contributed by atoms with van der Waals surface area (Å²) in [4.78, 5) is 4.50. The van der Waals surface area contributed by atoms with Gasteiger partial charge in [-0.1, -0.05) is 30.3 Å². The first-order valence-electron chi connectivity index (χ1n) is 9.73. The fraction of sp³-hybridized carbons (Fsp3) is 0.292. The van der Waals surface area contributed by atoms with Crippen LogP contribution in [-0.2, 0) is 12.8 Å². The van der Waals surface area contributed by atoms with Gasteiger partial charge in [0, 0.05) is 30.5 Å². The maximum atomic E-state index is 10.9. The van der Waals surface area contributed by atoms with Crippen LogP contribution in [0.1, 0.15) is 45.0 Å². The van der Waals surface area contributed by atoms with Crippen molar-refractivity contribution in [3.63, 3.8) is 0 Å². The second-order valence-electron chi connectivity index (χ2n) is 7.34. The summed E-state index contributed by atoms with van der Waals surface area (Å²) in [5.74, 6) is -0.204. The van der Waals surface area contributed by atoms with E-state index in [1.807, 2.05) is 56.3 Å². The van der Waals surface area contributed by atoms with Gasteiger partial charge in [0.15, 0.2) is 0 Å². The molecule has 0 atom stereocenters. The maximum Gasteiger partial charge on any atom is 0.122 e. The highest BCUT2D eigenvalue weighted by Crippen LogP contribution is 2.42. The first kappa shape index (κ1) is 20.8. The molecule has 0 saturated carbocycles. The van der Waals surface area contributed by atoms with Crippen LogP contribution in [0.4, 0.5) is 0 Å². The lowest BCUT2D eigenvalue weighted by atomic mass is 9.83. The number of nitrogens with zero attached hydrogens (tertiary/aromatic N) is 1. The van der Waals surface area contributed by atoms with Crippen LogP contribution in [0.25, 0.3) is 0 Å². The van der Waals surface area contributed by atoms with Gasteiger partial charge in [-0.3, -0.25) is 4.98 Å². The van der Waals surface area contributed by atoms with E-state index in [2.05, 4.69) is 4.98 Å². The predicted molar refractivity (Wildman–Crippen MR) is 112 cm³/mol. The molecule has 0 fully saturated rings. The summed E-state index contributed by atoms with van der Waals surface area (Å²) in [5, 5.41) is 40.6. The minimum atomic E-state index is -0.495. The molecule has 0 aliphatic carbocycles. The number of aromatic nitrogens is 1. The molecule has 0 bridgehead atoms. The van der Waals surface area contributed by atoms with E-state index < -0.39 is 5.92 Å². The zero-order valence-electron chi connectivity index (χ0n) is 16.8. The number of phenols is 2. The van der Waals surface area contributed by atoms with E-state index in [0.717, 1.165) is 11.1 Å². The number of hydrogen-bond acceptors (Lipinski definition) is 5. The minimum Gasteiger partial charge on any atom is -0.507 e. The Morgan fingerprint density at radius 2 is 1.31 bits per heavy atom. The van der Waals surface area contributed by atoms with Gasteiger partial charge in [-0.05, 0) is 61.1 Å². The largest absolute Gasteiger partial charge is 0.507 e. The van der Waals surface area contributed by atoms with E-state index in [1.54, 1.807) is 6.20 Å². The summed E-state index contributed by atoms with van der Waals surface area (Å²) in [6, 6.07) is 13.0. The molecule has 1 aromatic heterocycles. The Bertz CT molecular complexity index is 924. The van der Waals surface area contributed by atoms with Gasteiger partial charge >= 0.3 is 0 Å². The number of aliphatic hydroxyl groups excluding tert-OH is 2. The molecule has 1 heterocycles. The number of phenolic OH excluding ortho intramolecular Hbond substituents is 2. The van der Waals surface area contributed by atoms with Crippen LogP contribution in [0, 0.1) is 13.8 Å². The summed E-state index contributed by atoms with van der Waals surface area (Å²) < 4.78 is 0. The van der Waals surface area contributed by atoms with Gasteiger partial charge in [0.1, 0.15) is 11.5 Å². The highest BCUT2D eigenvalue weighted by atomic mass is 16.3. The number of pyridine rings is 1. The van der Waals surface area contributed by atoms with Crippen molar-refractivity contribution < 1.29 is 20.4 Å². The van der Waals surface area contributed by atoms with E-state index >= 15 is 0 Å². The van der Waals surface area contributed by atoms with Gasteiger partial charge in [0.25, 0.3) is 0 Å². The predicted octanol–water partition coefficient (Wildman–Crippen LogP) is 3.36. The molecule has 0 aliphatic rings. The van der Waals surface area contributed by atoms with E-state index in [9.17, 15) is 20.4 Å². The average molecular weight is 393 g/mol. The molecule has 0 amide bonds. The van der Waals surface area contributed by atoms with Crippen LogP contribution in [-0.4, -0.2) is 38.6 Å². The monoisotopic (exact) mass is 393 g/mol. The quantitative estimate of drug-likeness (QED) is 0.494. The number of aliphatic hydroxyl groups is 2. The Kier molecular flexibility index (Phi) is 6.52. The second kappa shape index (κ2) is 9.07. The molecule has 0 radical (unpaired) electrons. The Labute approximate surface area is 170 Å². The summed E-state index contributed by atoms with van der Waals surface area (Å²) in [7, 11) is 0. The van der Waals surface area contributed by atoms with Crippen LogP contribution < -0.4 is 0 Å². The van der Waals surface area contributed by atoms with Crippen molar-refractivity contribution in [2.75, 3.05) is 13.2 Å².